The van der Waals surface area contributed by atoms with E-state index in [4.69, 9.17) is 0 Å². The molecule has 0 saturated carbocycles. The molecule has 4 rings (SSSR count). The number of aliphatic hydroxyl groups excluding tert-OH is 1. The van der Waals surface area contributed by atoms with E-state index < -0.39 is 29.9 Å². The highest BCUT2D eigenvalue weighted by Gasteiger charge is 2.51. The highest BCUT2D eigenvalue weighted by Crippen LogP contribution is 2.31. The van der Waals surface area contributed by atoms with Crippen molar-refractivity contribution in [1.29, 1.82) is 0 Å². The van der Waals surface area contributed by atoms with Crippen LogP contribution in [0.2, 0.25) is 0 Å². The molecule has 8 heteroatoms. The molecule has 4 atom stereocenters. The third kappa shape index (κ3) is 2.84. The van der Waals surface area contributed by atoms with Crippen LogP contribution in [0.4, 0.5) is 4.39 Å². The predicted octanol–water partition coefficient (Wildman–Crippen LogP) is -0.109. The summed E-state index contributed by atoms with van der Waals surface area (Å²) < 4.78 is 13.3. The van der Waals surface area contributed by atoms with Crippen LogP contribution >= 0.6 is 0 Å². The summed E-state index contributed by atoms with van der Waals surface area (Å²) in [5.41, 5.74) is 0.223. The maximum Gasteiger partial charge on any atom is 0.251 e. The monoisotopic (exact) mass is 361 g/mol. The Kier molecular flexibility index (Phi) is 4.14. The number of rotatable bonds is 2. The maximum atomic E-state index is 13.3. The average Bonchev–Trinajstić information content (AvgIpc) is 3.02. The number of benzene rings is 1. The summed E-state index contributed by atoms with van der Waals surface area (Å²) in [4.78, 5) is 40.7. The molecule has 0 bridgehead atoms. The van der Waals surface area contributed by atoms with Gasteiger partial charge in [-0.25, -0.2) is 4.39 Å². The molecule has 138 valence electrons. The lowest BCUT2D eigenvalue weighted by Gasteiger charge is -2.46. The van der Waals surface area contributed by atoms with Gasteiger partial charge in [0.25, 0.3) is 5.91 Å². The summed E-state index contributed by atoms with van der Waals surface area (Å²) in [6.45, 7) is 0.559. The molecule has 3 fully saturated rings. The topological polar surface area (TPSA) is 89.9 Å². The molecule has 0 aromatic heterocycles. The van der Waals surface area contributed by atoms with Gasteiger partial charge in [-0.1, -0.05) is 6.07 Å². The number of piperidine rings is 1. The van der Waals surface area contributed by atoms with Crippen LogP contribution in [-0.4, -0.2) is 69.9 Å². The molecule has 7 nitrogen and oxygen atoms in total. The fourth-order valence-corrected chi connectivity index (χ4v) is 4.17. The minimum atomic E-state index is -0.669. The first-order chi connectivity index (χ1) is 12.4. The summed E-state index contributed by atoms with van der Waals surface area (Å²) in [5.74, 6) is -1.18. The quantitative estimate of drug-likeness (QED) is 0.769. The van der Waals surface area contributed by atoms with Crippen LogP contribution in [0, 0.1) is 5.82 Å². The predicted molar refractivity (Wildman–Crippen MR) is 88.5 cm³/mol. The van der Waals surface area contributed by atoms with Crippen molar-refractivity contribution in [2.45, 2.75) is 43.5 Å². The number of nitrogens with one attached hydrogen (secondary N) is 1. The van der Waals surface area contributed by atoms with E-state index in [1.807, 2.05) is 0 Å². The normalized spacial score (nSPS) is 30.8. The fraction of sp³-hybridized carbons (Fsp3) is 0.500. The Morgan fingerprint density at radius 2 is 1.88 bits per heavy atom. The van der Waals surface area contributed by atoms with E-state index in [0.29, 0.717) is 19.4 Å². The molecular formula is C18H20FN3O4. The van der Waals surface area contributed by atoms with Crippen molar-refractivity contribution in [1.82, 2.24) is 15.1 Å². The number of piperazine rings is 1. The lowest BCUT2D eigenvalue weighted by molar-refractivity contribution is -0.161. The fourth-order valence-electron chi connectivity index (χ4n) is 4.17. The van der Waals surface area contributed by atoms with Gasteiger partial charge >= 0.3 is 0 Å². The number of carbonyl (C=O) groups is 3. The van der Waals surface area contributed by atoms with Crippen LogP contribution in [0.3, 0.4) is 0 Å². The van der Waals surface area contributed by atoms with E-state index in [-0.39, 0.29) is 36.4 Å². The van der Waals surface area contributed by atoms with E-state index in [1.165, 1.54) is 23.1 Å². The largest absolute Gasteiger partial charge is 0.391 e. The Morgan fingerprint density at radius 3 is 2.65 bits per heavy atom. The third-order valence-corrected chi connectivity index (χ3v) is 5.44. The van der Waals surface area contributed by atoms with Gasteiger partial charge in [0.2, 0.25) is 11.8 Å². The highest BCUT2D eigenvalue weighted by molar-refractivity contribution is 5.98. The number of hydrogen-bond donors (Lipinski definition) is 2. The molecular weight excluding hydrogens is 341 g/mol. The van der Waals surface area contributed by atoms with Crippen molar-refractivity contribution in [2.75, 3.05) is 13.1 Å². The van der Waals surface area contributed by atoms with E-state index in [2.05, 4.69) is 5.32 Å². The summed E-state index contributed by atoms with van der Waals surface area (Å²) in [6.07, 6.45) is 0.474. The second-order valence-electron chi connectivity index (χ2n) is 7.15. The first-order valence-corrected chi connectivity index (χ1v) is 8.79. The van der Waals surface area contributed by atoms with E-state index in [9.17, 15) is 23.9 Å². The van der Waals surface area contributed by atoms with E-state index in [1.54, 1.807) is 4.90 Å². The average molecular weight is 361 g/mol. The van der Waals surface area contributed by atoms with Crippen molar-refractivity contribution in [3.05, 3.63) is 35.6 Å². The molecule has 3 aliphatic heterocycles. The second kappa shape index (κ2) is 6.35. The third-order valence-electron chi connectivity index (χ3n) is 5.44. The number of fused-ring (bicyclic) bond motifs is 2. The number of aliphatic hydroxyl groups is 1. The van der Waals surface area contributed by atoms with Crippen molar-refractivity contribution in [3.63, 3.8) is 0 Å². The zero-order valence-electron chi connectivity index (χ0n) is 14.1. The van der Waals surface area contributed by atoms with Gasteiger partial charge in [-0.2, -0.15) is 0 Å². The van der Waals surface area contributed by atoms with Crippen molar-refractivity contribution in [2.24, 2.45) is 0 Å². The lowest BCUT2D eigenvalue weighted by atomic mass is 9.92. The van der Waals surface area contributed by atoms with Crippen molar-refractivity contribution < 1.29 is 23.9 Å². The summed E-state index contributed by atoms with van der Waals surface area (Å²) in [5, 5.41) is 12.6. The van der Waals surface area contributed by atoms with Gasteiger partial charge in [-0.3, -0.25) is 14.4 Å². The minimum Gasteiger partial charge on any atom is -0.391 e. The van der Waals surface area contributed by atoms with Crippen LogP contribution in [0.1, 0.15) is 29.6 Å². The number of halogens is 1. The van der Waals surface area contributed by atoms with Gasteiger partial charge in [0.05, 0.1) is 6.10 Å². The zero-order chi connectivity index (χ0) is 18.4. The molecule has 1 aromatic rings. The molecule has 1 aromatic carbocycles. The Morgan fingerprint density at radius 1 is 1.15 bits per heavy atom. The summed E-state index contributed by atoms with van der Waals surface area (Å²) in [7, 11) is 0. The Bertz CT molecular complexity index is 771. The molecule has 3 amide bonds. The molecule has 0 spiro atoms. The zero-order valence-corrected chi connectivity index (χ0v) is 14.1. The minimum absolute atomic E-state index is 0.124. The molecule has 3 heterocycles. The van der Waals surface area contributed by atoms with Gasteiger partial charge in [-0.15, -0.1) is 0 Å². The Balaban J connectivity index is 1.46. The van der Waals surface area contributed by atoms with Crippen LogP contribution in [0.15, 0.2) is 24.3 Å². The standard InChI is InChI=1S/C18H20FN3O4/c19-11-3-1-2-10(6-11)16(24)20-12-4-5-21-14(7-12)18(26)22-9-13(23)8-15(22)17(21)25/h1-3,6,12-15,23H,4-5,7-9H2,(H,20,24)/t12-,13-,14+,15+/m1/s1. The van der Waals surface area contributed by atoms with Crippen LogP contribution in [0.25, 0.3) is 0 Å². The van der Waals surface area contributed by atoms with Crippen LogP contribution < -0.4 is 5.32 Å². The van der Waals surface area contributed by atoms with E-state index >= 15 is 0 Å². The van der Waals surface area contributed by atoms with Crippen molar-refractivity contribution in [3.8, 4) is 0 Å². The molecule has 0 unspecified atom stereocenters. The SMILES string of the molecule is O=C(N[C@@H]1CCN2C(=O)[C@@H]3C[C@@H](O)CN3C(=O)[C@@H]2C1)c1cccc(F)c1. The summed E-state index contributed by atoms with van der Waals surface area (Å²) in [6, 6.07) is 3.97. The highest BCUT2D eigenvalue weighted by atomic mass is 19.1. The van der Waals surface area contributed by atoms with Crippen LogP contribution in [0.5, 0.6) is 0 Å². The lowest BCUT2D eigenvalue weighted by Crippen LogP contribution is -2.66. The number of hydrogen-bond acceptors (Lipinski definition) is 4. The number of carbonyl (C=O) groups excluding carboxylic acids is 3. The van der Waals surface area contributed by atoms with E-state index in [0.717, 1.165) is 6.07 Å². The van der Waals surface area contributed by atoms with Gasteiger partial charge in [0.1, 0.15) is 17.9 Å². The molecule has 0 radical (unpaired) electrons. The second-order valence-corrected chi connectivity index (χ2v) is 7.15. The number of nitrogens with zero attached hydrogens (tertiary/aromatic N) is 2. The first kappa shape index (κ1) is 17.0. The van der Waals surface area contributed by atoms with Gasteiger partial charge < -0.3 is 20.2 Å². The van der Waals surface area contributed by atoms with Crippen molar-refractivity contribution >= 4 is 17.7 Å². The molecule has 0 aliphatic carbocycles. The maximum absolute atomic E-state index is 13.3. The van der Waals surface area contributed by atoms with Gasteiger partial charge in [0.15, 0.2) is 0 Å². The first-order valence-electron chi connectivity index (χ1n) is 8.79. The molecule has 26 heavy (non-hydrogen) atoms. The summed E-state index contributed by atoms with van der Waals surface area (Å²) >= 11 is 0. The molecule has 3 aliphatic rings. The molecule has 2 N–H and O–H groups in total. The Labute approximate surface area is 149 Å². The smallest absolute Gasteiger partial charge is 0.251 e. The van der Waals surface area contributed by atoms with Gasteiger partial charge in [0, 0.05) is 31.1 Å². The number of amides is 3. The van der Waals surface area contributed by atoms with Crippen LogP contribution in [-0.2, 0) is 9.59 Å². The van der Waals surface area contributed by atoms with Gasteiger partial charge in [-0.05, 0) is 31.0 Å². The molecule has 3 saturated heterocycles. The Hall–Kier alpha value is -2.48.